The molecule has 0 aliphatic carbocycles. The van der Waals surface area contributed by atoms with Crippen molar-refractivity contribution in [2.24, 2.45) is 5.92 Å². The normalized spacial score (nSPS) is 17.2. The molecule has 0 aromatic rings. The molecule has 1 heterocycles. The lowest BCUT2D eigenvalue weighted by Crippen LogP contribution is -2.31. The molecular formula is C12H20N2O2S. The van der Waals surface area contributed by atoms with Gasteiger partial charge in [0.15, 0.2) is 0 Å². The number of sulfonamides is 1. The van der Waals surface area contributed by atoms with Crippen molar-refractivity contribution in [2.45, 2.75) is 33.1 Å². The van der Waals surface area contributed by atoms with E-state index in [1.54, 1.807) is 0 Å². The molecule has 0 aromatic carbocycles. The predicted octanol–water partition coefficient (Wildman–Crippen LogP) is 1.91. The number of nitrogens with zero attached hydrogens (tertiary/aromatic N) is 2. The maximum absolute atomic E-state index is 12.0. The van der Waals surface area contributed by atoms with Crippen LogP contribution in [0.1, 0.15) is 33.1 Å². The molecule has 5 heteroatoms. The Morgan fingerprint density at radius 2 is 2.18 bits per heavy atom. The zero-order chi connectivity index (χ0) is 12.9. The maximum Gasteiger partial charge on any atom is 0.214 e. The fourth-order valence-electron chi connectivity index (χ4n) is 1.80. The van der Waals surface area contributed by atoms with Gasteiger partial charge in [0, 0.05) is 19.5 Å². The number of hydrogen-bond acceptors (Lipinski definition) is 3. The molecule has 0 N–H and O–H groups in total. The summed E-state index contributed by atoms with van der Waals surface area (Å²) in [5.41, 5.74) is 1.20. The van der Waals surface area contributed by atoms with Crippen LogP contribution in [0, 0.1) is 17.2 Å². The smallest absolute Gasteiger partial charge is 0.212 e. The van der Waals surface area contributed by atoms with Gasteiger partial charge >= 0.3 is 0 Å². The Morgan fingerprint density at radius 1 is 1.47 bits per heavy atom. The molecule has 1 aliphatic heterocycles. The fraction of sp³-hybridized carbons (Fsp3) is 0.750. The summed E-state index contributed by atoms with van der Waals surface area (Å²) >= 11 is 0. The number of unbranched alkanes of at least 4 members (excludes halogenated alkanes) is 2. The van der Waals surface area contributed by atoms with Crippen molar-refractivity contribution in [1.29, 1.82) is 5.26 Å². The van der Waals surface area contributed by atoms with E-state index in [0.717, 1.165) is 0 Å². The van der Waals surface area contributed by atoms with Crippen LogP contribution in [0.2, 0.25) is 0 Å². The van der Waals surface area contributed by atoms with Crippen molar-refractivity contribution in [3.8, 4) is 6.07 Å². The van der Waals surface area contributed by atoms with E-state index < -0.39 is 10.0 Å². The van der Waals surface area contributed by atoms with E-state index in [2.05, 4.69) is 13.8 Å². The van der Waals surface area contributed by atoms with Crippen LogP contribution in [0.4, 0.5) is 0 Å². The van der Waals surface area contributed by atoms with Gasteiger partial charge in [-0.1, -0.05) is 25.5 Å². The Morgan fingerprint density at radius 3 is 2.71 bits per heavy atom. The van der Waals surface area contributed by atoms with Crippen LogP contribution in [0.5, 0.6) is 0 Å². The van der Waals surface area contributed by atoms with E-state index in [0.29, 0.717) is 38.3 Å². The lowest BCUT2D eigenvalue weighted by Gasteiger charge is -2.17. The second kappa shape index (κ2) is 6.18. The van der Waals surface area contributed by atoms with Crippen LogP contribution in [-0.2, 0) is 10.0 Å². The predicted molar refractivity (Wildman–Crippen MR) is 67.7 cm³/mol. The molecule has 0 bridgehead atoms. The Labute approximate surface area is 104 Å². The second-order valence-corrected chi connectivity index (χ2v) is 6.75. The first kappa shape index (κ1) is 14.2. The van der Waals surface area contributed by atoms with Gasteiger partial charge in [0.1, 0.15) is 0 Å². The third kappa shape index (κ3) is 4.14. The molecule has 4 nitrogen and oxygen atoms in total. The maximum atomic E-state index is 12.0. The van der Waals surface area contributed by atoms with Crippen LogP contribution < -0.4 is 0 Å². The Kier molecular flexibility index (Phi) is 5.16. The quantitative estimate of drug-likeness (QED) is 0.538. The van der Waals surface area contributed by atoms with Gasteiger partial charge in [-0.15, -0.1) is 0 Å². The highest BCUT2D eigenvalue weighted by molar-refractivity contribution is 7.89. The summed E-state index contributed by atoms with van der Waals surface area (Å²) in [6.45, 7) is 5.20. The highest BCUT2D eigenvalue weighted by atomic mass is 32.2. The van der Waals surface area contributed by atoms with Crippen molar-refractivity contribution in [2.75, 3.05) is 18.8 Å². The van der Waals surface area contributed by atoms with Gasteiger partial charge in [-0.05, 0) is 18.8 Å². The summed E-state index contributed by atoms with van der Waals surface area (Å²) in [6, 6.07) is 2.03. The molecular weight excluding hydrogens is 236 g/mol. The van der Waals surface area contributed by atoms with E-state index in [1.807, 2.05) is 12.1 Å². The molecule has 0 radical (unpaired) electrons. The molecule has 0 fully saturated rings. The first-order valence-electron chi connectivity index (χ1n) is 6.01. The summed E-state index contributed by atoms with van der Waals surface area (Å²) in [5, 5.41) is 8.38. The van der Waals surface area contributed by atoms with Gasteiger partial charge in [-0.25, -0.2) is 8.42 Å². The first-order valence-corrected chi connectivity index (χ1v) is 7.62. The SMILES string of the molecule is CC(C)C1=CCN(S(=O)(=O)CCCCC#N)C1. The number of nitriles is 1. The number of rotatable bonds is 6. The van der Waals surface area contributed by atoms with Crippen LogP contribution in [-0.4, -0.2) is 31.6 Å². The van der Waals surface area contributed by atoms with Crippen molar-refractivity contribution in [3.05, 3.63) is 11.6 Å². The molecule has 0 aromatic heterocycles. The largest absolute Gasteiger partial charge is 0.214 e. The monoisotopic (exact) mass is 256 g/mol. The molecule has 1 rings (SSSR count). The standard InChI is InChI=1S/C12H20N2O2S/c1-11(2)12-6-8-14(10-12)17(15,16)9-5-3-4-7-13/h6,11H,3-5,8-10H2,1-2H3. The van der Waals surface area contributed by atoms with Crippen LogP contribution in [0.15, 0.2) is 11.6 Å². The lowest BCUT2D eigenvalue weighted by atomic mass is 10.1. The third-order valence-corrected chi connectivity index (χ3v) is 4.86. The zero-order valence-electron chi connectivity index (χ0n) is 10.5. The van der Waals surface area contributed by atoms with Gasteiger partial charge in [0.2, 0.25) is 10.0 Å². The average Bonchev–Trinajstić information content (AvgIpc) is 2.74. The molecule has 96 valence electrons. The Hall–Kier alpha value is -0.860. The lowest BCUT2D eigenvalue weighted by molar-refractivity contribution is 0.475. The van der Waals surface area contributed by atoms with Crippen molar-refractivity contribution in [3.63, 3.8) is 0 Å². The summed E-state index contributed by atoms with van der Waals surface area (Å²) < 4.78 is 25.5. The topological polar surface area (TPSA) is 61.2 Å². The molecule has 0 amide bonds. The Balaban J connectivity index is 2.43. The van der Waals surface area contributed by atoms with E-state index in [1.165, 1.54) is 9.88 Å². The van der Waals surface area contributed by atoms with Crippen molar-refractivity contribution >= 4 is 10.0 Å². The van der Waals surface area contributed by atoms with E-state index in [9.17, 15) is 8.42 Å². The van der Waals surface area contributed by atoms with Gasteiger partial charge in [-0.3, -0.25) is 0 Å². The van der Waals surface area contributed by atoms with Crippen LogP contribution >= 0.6 is 0 Å². The highest BCUT2D eigenvalue weighted by Crippen LogP contribution is 2.20. The molecule has 0 saturated heterocycles. The molecule has 0 unspecified atom stereocenters. The molecule has 0 saturated carbocycles. The summed E-state index contributed by atoms with van der Waals surface area (Å²) in [6.07, 6.45) is 3.68. The van der Waals surface area contributed by atoms with Gasteiger partial charge in [-0.2, -0.15) is 9.57 Å². The summed E-state index contributed by atoms with van der Waals surface area (Å²) in [5.74, 6) is 0.572. The second-order valence-electron chi connectivity index (χ2n) is 4.66. The van der Waals surface area contributed by atoms with E-state index >= 15 is 0 Å². The minimum atomic E-state index is -3.14. The minimum absolute atomic E-state index is 0.161. The average molecular weight is 256 g/mol. The minimum Gasteiger partial charge on any atom is -0.212 e. The molecule has 1 aliphatic rings. The van der Waals surface area contributed by atoms with Gasteiger partial charge in [0.25, 0.3) is 0 Å². The van der Waals surface area contributed by atoms with Crippen LogP contribution in [0.25, 0.3) is 0 Å². The third-order valence-electron chi connectivity index (χ3n) is 2.99. The highest BCUT2D eigenvalue weighted by Gasteiger charge is 2.26. The first-order chi connectivity index (χ1) is 7.97. The van der Waals surface area contributed by atoms with Crippen LogP contribution in [0.3, 0.4) is 0 Å². The van der Waals surface area contributed by atoms with Gasteiger partial charge < -0.3 is 0 Å². The fourth-order valence-corrected chi connectivity index (χ4v) is 3.27. The molecule has 0 atom stereocenters. The summed E-state index contributed by atoms with van der Waals surface area (Å²) in [7, 11) is -3.14. The van der Waals surface area contributed by atoms with Crippen molar-refractivity contribution < 1.29 is 8.42 Å². The summed E-state index contributed by atoms with van der Waals surface area (Å²) in [4.78, 5) is 0. The number of hydrogen-bond donors (Lipinski definition) is 0. The van der Waals surface area contributed by atoms with E-state index in [-0.39, 0.29) is 5.75 Å². The zero-order valence-corrected chi connectivity index (χ0v) is 11.3. The van der Waals surface area contributed by atoms with Crippen molar-refractivity contribution in [1.82, 2.24) is 4.31 Å². The Bertz CT molecular complexity index is 418. The van der Waals surface area contributed by atoms with E-state index in [4.69, 9.17) is 5.26 Å². The molecule has 17 heavy (non-hydrogen) atoms. The van der Waals surface area contributed by atoms with Gasteiger partial charge in [0.05, 0.1) is 11.8 Å². The molecule has 0 spiro atoms.